The first-order chi connectivity index (χ1) is 15.5. The fraction of sp³-hybridized carbons (Fsp3) is 0.167. The molecule has 0 saturated heterocycles. The predicted octanol–water partition coefficient (Wildman–Crippen LogP) is 4.42. The van der Waals surface area contributed by atoms with Crippen LogP contribution in [0.3, 0.4) is 0 Å². The second-order valence-corrected chi connectivity index (χ2v) is 7.22. The number of methoxy groups -OCH3 is 1. The van der Waals surface area contributed by atoms with Crippen molar-refractivity contribution in [3.63, 3.8) is 0 Å². The number of carbonyl (C=O) groups is 1. The molecule has 0 saturated carbocycles. The molecule has 4 aromatic rings. The summed E-state index contributed by atoms with van der Waals surface area (Å²) in [5.74, 6) is 0.283. The molecule has 0 atom stereocenters. The highest BCUT2D eigenvalue weighted by Crippen LogP contribution is 2.31. The third-order valence-electron chi connectivity index (χ3n) is 4.96. The summed E-state index contributed by atoms with van der Waals surface area (Å²) in [6.45, 7) is 2.33. The second kappa shape index (κ2) is 9.40. The van der Waals surface area contributed by atoms with Gasteiger partial charge in [0.15, 0.2) is 0 Å². The molecular weight excluding hydrogens is 408 g/mol. The Morgan fingerprint density at radius 2 is 1.91 bits per heavy atom. The topological polar surface area (TPSA) is 110 Å². The van der Waals surface area contributed by atoms with Crippen LogP contribution in [-0.4, -0.2) is 39.9 Å². The third kappa shape index (κ3) is 4.65. The van der Waals surface area contributed by atoms with Gasteiger partial charge in [0.2, 0.25) is 5.82 Å². The number of ether oxygens (including phenoxy) is 1. The van der Waals surface area contributed by atoms with Crippen molar-refractivity contribution in [1.82, 2.24) is 15.1 Å². The number of aliphatic carboxylic acids is 1. The molecule has 2 aromatic carbocycles. The lowest BCUT2D eigenvalue weighted by molar-refractivity contribution is -0.134. The zero-order valence-corrected chi connectivity index (χ0v) is 17.7. The third-order valence-corrected chi connectivity index (χ3v) is 4.96. The minimum Gasteiger partial charge on any atom is -0.480 e. The van der Waals surface area contributed by atoms with Crippen molar-refractivity contribution < 1.29 is 19.2 Å². The number of nitrogens with one attached hydrogen (secondary N) is 1. The van der Waals surface area contributed by atoms with E-state index in [1.165, 1.54) is 5.56 Å². The number of hydrogen-bond donors (Lipinski definition) is 2. The van der Waals surface area contributed by atoms with Crippen molar-refractivity contribution >= 4 is 11.8 Å². The van der Waals surface area contributed by atoms with Gasteiger partial charge in [-0.15, -0.1) is 0 Å². The number of benzene rings is 2. The smallest absolute Gasteiger partial charge is 0.322 e. The van der Waals surface area contributed by atoms with Crippen LogP contribution in [0, 0.1) is 6.92 Å². The molecule has 0 fully saturated rings. The van der Waals surface area contributed by atoms with Gasteiger partial charge in [0, 0.05) is 24.4 Å². The number of nitrogens with zero attached hydrogens (tertiary/aromatic N) is 3. The summed E-state index contributed by atoms with van der Waals surface area (Å²) >= 11 is 0. The number of pyridine rings is 1. The number of anilines is 1. The van der Waals surface area contributed by atoms with Gasteiger partial charge >= 0.3 is 5.97 Å². The molecule has 2 heterocycles. The summed E-state index contributed by atoms with van der Waals surface area (Å²) in [7, 11) is 1.67. The molecule has 0 amide bonds. The number of carboxylic acids is 1. The van der Waals surface area contributed by atoms with Crippen molar-refractivity contribution in [2.75, 3.05) is 19.0 Å². The van der Waals surface area contributed by atoms with Gasteiger partial charge in [0.25, 0.3) is 5.89 Å². The van der Waals surface area contributed by atoms with Crippen LogP contribution >= 0.6 is 0 Å². The molecular formula is C24H22N4O4. The van der Waals surface area contributed by atoms with Gasteiger partial charge in [-0.1, -0.05) is 35.5 Å². The minimum absolute atomic E-state index is 0.207. The molecule has 0 radical (unpaired) electrons. The Morgan fingerprint density at radius 3 is 2.62 bits per heavy atom. The van der Waals surface area contributed by atoms with Crippen molar-refractivity contribution in [1.29, 1.82) is 0 Å². The second-order valence-electron chi connectivity index (χ2n) is 7.22. The molecule has 0 aliphatic rings. The molecule has 32 heavy (non-hydrogen) atoms. The molecule has 0 spiro atoms. The summed E-state index contributed by atoms with van der Waals surface area (Å²) in [5, 5.41) is 15.5. The first-order valence-electron chi connectivity index (χ1n) is 9.99. The number of rotatable bonds is 8. The van der Waals surface area contributed by atoms with Gasteiger partial charge in [-0.25, -0.2) is 4.98 Å². The molecule has 2 N–H and O–H groups in total. The van der Waals surface area contributed by atoms with Gasteiger partial charge in [-0.2, -0.15) is 4.98 Å². The van der Waals surface area contributed by atoms with Crippen LogP contribution in [0.1, 0.15) is 11.1 Å². The molecule has 2 aromatic heterocycles. The average Bonchev–Trinajstić information content (AvgIpc) is 3.29. The van der Waals surface area contributed by atoms with Crippen molar-refractivity contribution in [2.24, 2.45) is 0 Å². The van der Waals surface area contributed by atoms with Gasteiger partial charge < -0.3 is 19.7 Å². The highest BCUT2D eigenvalue weighted by Gasteiger charge is 2.15. The first kappa shape index (κ1) is 21.2. The first-order valence-corrected chi connectivity index (χ1v) is 9.99. The summed E-state index contributed by atoms with van der Waals surface area (Å²) in [4.78, 5) is 19.3. The summed E-state index contributed by atoms with van der Waals surface area (Å²) in [5.41, 5.74) is 5.92. The van der Waals surface area contributed by atoms with Crippen LogP contribution in [0.2, 0.25) is 0 Å². The Hall–Kier alpha value is -4.04. The van der Waals surface area contributed by atoms with Crippen LogP contribution in [-0.2, 0) is 16.1 Å². The average molecular weight is 430 g/mol. The molecule has 162 valence electrons. The Kier molecular flexibility index (Phi) is 6.23. The Morgan fingerprint density at radius 1 is 1.09 bits per heavy atom. The Balaban J connectivity index is 1.60. The van der Waals surface area contributed by atoms with Crippen molar-refractivity contribution in [2.45, 2.75) is 13.5 Å². The largest absolute Gasteiger partial charge is 0.480 e. The normalized spacial score (nSPS) is 10.8. The SMILES string of the molecule is COCc1cc(-c2nc(-c3ccc(NCC(=O)O)nc3)no2)ccc1-c1ccccc1C. The summed E-state index contributed by atoms with van der Waals surface area (Å²) in [6, 6.07) is 17.6. The molecule has 0 bridgehead atoms. The highest BCUT2D eigenvalue weighted by atomic mass is 16.5. The van der Waals surface area contributed by atoms with Crippen LogP contribution in [0.25, 0.3) is 34.0 Å². The van der Waals surface area contributed by atoms with Crippen LogP contribution < -0.4 is 5.32 Å². The fourth-order valence-corrected chi connectivity index (χ4v) is 3.39. The quantitative estimate of drug-likeness (QED) is 0.423. The lowest BCUT2D eigenvalue weighted by atomic mass is 9.94. The molecule has 0 aliphatic heterocycles. The van der Waals surface area contributed by atoms with Gasteiger partial charge in [-0.05, 0) is 53.4 Å². The fourth-order valence-electron chi connectivity index (χ4n) is 3.39. The van der Waals surface area contributed by atoms with E-state index in [-0.39, 0.29) is 6.54 Å². The van der Waals surface area contributed by atoms with Crippen LogP contribution in [0.5, 0.6) is 0 Å². The van der Waals surface area contributed by atoms with Gasteiger partial charge in [-0.3, -0.25) is 4.79 Å². The number of aryl methyl sites for hydroxylation is 1. The zero-order chi connectivity index (χ0) is 22.5. The van der Waals surface area contributed by atoms with E-state index in [1.54, 1.807) is 25.4 Å². The van der Waals surface area contributed by atoms with E-state index >= 15 is 0 Å². The number of carboxylic acid groups (broad SMARTS) is 1. The monoisotopic (exact) mass is 430 g/mol. The lowest BCUT2D eigenvalue weighted by Gasteiger charge is -2.12. The van der Waals surface area contributed by atoms with Gasteiger partial charge in [0.1, 0.15) is 12.4 Å². The molecule has 4 rings (SSSR count). The zero-order valence-electron chi connectivity index (χ0n) is 17.7. The van der Waals surface area contributed by atoms with E-state index in [2.05, 4.69) is 39.5 Å². The van der Waals surface area contributed by atoms with E-state index in [0.29, 0.717) is 29.7 Å². The molecule has 8 nitrogen and oxygen atoms in total. The lowest BCUT2D eigenvalue weighted by Crippen LogP contribution is -2.12. The van der Waals surface area contributed by atoms with Crippen molar-refractivity contribution in [3.8, 4) is 34.0 Å². The van der Waals surface area contributed by atoms with Crippen LogP contribution in [0.15, 0.2) is 65.3 Å². The minimum atomic E-state index is -0.958. The van der Waals surface area contributed by atoms with Crippen LogP contribution in [0.4, 0.5) is 5.82 Å². The maximum atomic E-state index is 10.7. The maximum absolute atomic E-state index is 10.7. The Labute approximate surface area is 184 Å². The molecule has 0 aliphatic carbocycles. The van der Waals surface area contributed by atoms with E-state index in [9.17, 15) is 4.79 Å². The summed E-state index contributed by atoms with van der Waals surface area (Å²) in [6.07, 6.45) is 1.57. The standard InChI is InChI=1S/C24H22N4O4/c1-15-5-3-4-6-19(15)20-9-7-16(11-18(20)14-31-2)24-27-23(28-32-24)17-8-10-21(25-12-17)26-13-22(29)30/h3-12H,13-14H2,1-2H3,(H,25,26)(H,29,30). The highest BCUT2D eigenvalue weighted by molar-refractivity contribution is 5.74. The summed E-state index contributed by atoms with van der Waals surface area (Å²) < 4.78 is 10.9. The predicted molar refractivity (Wildman–Crippen MR) is 120 cm³/mol. The molecule has 8 heteroatoms. The Bertz CT molecular complexity index is 1230. The number of hydrogen-bond acceptors (Lipinski definition) is 7. The van der Waals surface area contributed by atoms with E-state index in [4.69, 9.17) is 14.4 Å². The number of aromatic nitrogens is 3. The maximum Gasteiger partial charge on any atom is 0.322 e. The molecule has 0 unspecified atom stereocenters. The van der Waals surface area contributed by atoms with E-state index < -0.39 is 5.97 Å². The van der Waals surface area contributed by atoms with E-state index in [0.717, 1.165) is 22.3 Å². The van der Waals surface area contributed by atoms with Gasteiger partial charge in [0.05, 0.1) is 6.61 Å². The van der Waals surface area contributed by atoms with Crippen molar-refractivity contribution in [3.05, 3.63) is 71.9 Å². The van der Waals surface area contributed by atoms with E-state index in [1.807, 2.05) is 30.3 Å².